The van der Waals surface area contributed by atoms with E-state index in [1.807, 2.05) is 54.6 Å². The van der Waals surface area contributed by atoms with Gasteiger partial charge in [0.25, 0.3) is 0 Å². The Labute approximate surface area is 132 Å². The molecule has 2 aromatic carbocycles. The van der Waals surface area contributed by atoms with Crippen molar-refractivity contribution in [3.63, 3.8) is 0 Å². The third-order valence-corrected chi connectivity index (χ3v) is 3.36. The molecule has 3 heteroatoms. The van der Waals surface area contributed by atoms with E-state index < -0.39 is 0 Å². The van der Waals surface area contributed by atoms with Crippen LogP contribution in [-0.4, -0.2) is 26.5 Å². The summed E-state index contributed by atoms with van der Waals surface area (Å²) >= 11 is 0. The van der Waals surface area contributed by atoms with Gasteiger partial charge in [0.2, 0.25) is 5.91 Å². The third kappa shape index (κ3) is 5.19. The summed E-state index contributed by atoms with van der Waals surface area (Å²) in [6.45, 7) is 0.842. The maximum Gasteiger partial charge on any atom is 0.244 e. The Bertz CT molecular complexity index is 606. The summed E-state index contributed by atoms with van der Waals surface area (Å²) in [5.74, 6) is -0.0704. The van der Waals surface area contributed by atoms with Gasteiger partial charge in [0.1, 0.15) is 12.6 Å². The fourth-order valence-corrected chi connectivity index (χ4v) is 2.30. The van der Waals surface area contributed by atoms with Gasteiger partial charge >= 0.3 is 0 Å². The highest BCUT2D eigenvalue weighted by Gasteiger charge is 2.16. The van der Waals surface area contributed by atoms with Crippen LogP contribution in [0.1, 0.15) is 17.2 Å². The molecule has 0 spiro atoms. The maximum atomic E-state index is 12.2. The van der Waals surface area contributed by atoms with Crippen molar-refractivity contribution in [1.29, 1.82) is 0 Å². The SMILES string of the molecule is C[NH+](C)C[C@H](NC(=O)/C=C/c1ccccc1)c1ccccc1. The van der Waals surface area contributed by atoms with Gasteiger partial charge in [0.15, 0.2) is 0 Å². The molecule has 2 aromatic rings. The van der Waals surface area contributed by atoms with Crippen LogP contribution in [0.3, 0.4) is 0 Å². The van der Waals surface area contributed by atoms with Crippen molar-refractivity contribution in [3.8, 4) is 0 Å². The summed E-state index contributed by atoms with van der Waals surface area (Å²) in [6.07, 6.45) is 3.43. The summed E-state index contributed by atoms with van der Waals surface area (Å²) < 4.78 is 0. The van der Waals surface area contributed by atoms with Crippen LogP contribution in [0.2, 0.25) is 0 Å². The molecule has 1 atom stereocenters. The first-order valence-electron chi connectivity index (χ1n) is 7.53. The van der Waals surface area contributed by atoms with Gasteiger partial charge in [-0.3, -0.25) is 4.79 Å². The zero-order chi connectivity index (χ0) is 15.8. The highest BCUT2D eigenvalue weighted by molar-refractivity contribution is 5.92. The molecular formula is C19H23N2O+. The molecular weight excluding hydrogens is 272 g/mol. The number of hydrogen-bond acceptors (Lipinski definition) is 1. The Morgan fingerprint density at radius 2 is 1.64 bits per heavy atom. The fourth-order valence-electron chi connectivity index (χ4n) is 2.30. The highest BCUT2D eigenvalue weighted by atomic mass is 16.1. The van der Waals surface area contributed by atoms with Crippen molar-refractivity contribution in [1.82, 2.24) is 5.32 Å². The fraction of sp³-hybridized carbons (Fsp3) is 0.211. The largest absolute Gasteiger partial charge is 0.340 e. The summed E-state index contributed by atoms with van der Waals surface area (Å²) in [7, 11) is 4.17. The lowest BCUT2D eigenvalue weighted by atomic mass is 10.1. The topological polar surface area (TPSA) is 33.5 Å². The van der Waals surface area contributed by atoms with Crippen LogP contribution in [-0.2, 0) is 4.79 Å². The molecule has 0 aromatic heterocycles. The number of carbonyl (C=O) groups excluding carboxylic acids is 1. The summed E-state index contributed by atoms with van der Waals surface area (Å²) in [6, 6.07) is 19.9. The van der Waals surface area contributed by atoms with E-state index in [1.54, 1.807) is 6.08 Å². The van der Waals surface area contributed by atoms with Crippen molar-refractivity contribution < 1.29 is 9.69 Å². The summed E-state index contributed by atoms with van der Waals surface area (Å²) in [4.78, 5) is 13.5. The molecule has 0 bridgehead atoms. The predicted molar refractivity (Wildman–Crippen MR) is 90.5 cm³/mol. The minimum absolute atomic E-state index is 0.0131. The second-order valence-corrected chi connectivity index (χ2v) is 5.63. The first-order chi connectivity index (χ1) is 10.6. The smallest absolute Gasteiger partial charge is 0.244 e. The van der Waals surface area contributed by atoms with Crippen LogP contribution in [0.5, 0.6) is 0 Å². The van der Waals surface area contributed by atoms with Crippen LogP contribution in [0.25, 0.3) is 6.08 Å². The predicted octanol–water partition coefficient (Wildman–Crippen LogP) is 1.70. The average molecular weight is 295 g/mol. The molecule has 0 unspecified atom stereocenters. The number of amides is 1. The molecule has 114 valence electrons. The molecule has 2 N–H and O–H groups in total. The van der Waals surface area contributed by atoms with Gasteiger partial charge in [0.05, 0.1) is 14.1 Å². The second-order valence-electron chi connectivity index (χ2n) is 5.63. The molecule has 0 heterocycles. The van der Waals surface area contributed by atoms with Crippen LogP contribution in [0, 0.1) is 0 Å². The van der Waals surface area contributed by atoms with E-state index in [9.17, 15) is 4.79 Å². The molecule has 0 aliphatic heterocycles. The van der Waals surface area contributed by atoms with E-state index in [2.05, 4.69) is 31.5 Å². The summed E-state index contributed by atoms with van der Waals surface area (Å²) in [5, 5.41) is 3.09. The maximum absolute atomic E-state index is 12.2. The van der Waals surface area contributed by atoms with E-state index in [4.69, 9.17) is 0 Å². The van der Waals surface area contributed by atoms with E-state index in [0.717, 1.165) is 17.7 Å². The first-order valence-corrected chi connectivity index (χ1v) is 7.53. The van der Waals surface area contributed by atoms with Crippen molar-refractivity contribution in [2.45, 2.75) is 6.04 Å². The van der Waals surface area contributed by atoms with Gasteiger partial charge in [-0.1, -0.05) is 60.7 Å². The van der Waals surface area contributed by atoms with Gasteiger partial charge in [-0.2, -0.15) is 0 Å². The third-order valence-electron chi connectivity index (χ3n) is 3.36. The molecule has 0 aliphatic carbocycles. The Morgan fingerprint density at radius 1 is 1.05 bits per heavy atom. The highest BCUT2D eigenvalue weighted by Crippen LogP contribution is 2.10. The minimum atomic E-state index is -0.0704. The molecule has 1 amide bonds. The van der Waals surface area contributed by atoms with Gasteiger partial charge in [-0.25, -0.2) is 0 Å². The van der Waals surface area contributed by atoms with E-state index in [1.165, 1.54) is 4.90 Å². The Balaban J connectivity index is 2.04. The quantitative estimate of drug-likeness (QED) is 0.782. The van der Waals surface area contributed by atoms with Crippen molar-refractivity contribution in [2.75, 3.05) is 20.6 Å². The lowest BCUT2D eigenvalue weighted by Crippen LogP contribution is -3.06. The Kier molecular flexibility index (Phi) is 5.92. The zero-order valence-electron chi connectivity index (χ0n) is 13.1. The number of rotatable bonds is 6. The lowest BCUT2D eigenvalue weighted by Gasteiger charge is -2.20. The van der Waals surface area contributed by atoms with Crippen molar-refractivity contribution in [3.05, 3.63) is 77.9 Å². The molecule has 0 fully saturated rings. The molecule has 3 nitrogen and oxygen atoms in total. The van der Waals surface area contributed by atoms with Crippen LogP contribution in [0.15, 0.2) is 66.7 Å². The van der Waals surface area contributed by atoms with Crippen molar-refractivity contribution in [2.24, 2.45) is 0 Å². The van der Waals surface area contributed by atoms with Crippen LogP contribution >= 0.6 is 0 Å². The summed E-state index contributed by atoms with van der Waals surface area (Å²) in [5.41, 5.74) is 2.15. The average Bonchev–Trinajstić information content (AvgIpc) is 2.54. The van der Waals surface area contributed by atoms with Crippen LogP contribution < -0.4 is 10.2 Å². The number of quaternary nitrogens is 1. The Hall–Kier alpha value is -2.39. The molecule has 0 aliphatic rings. The molecule has 22 heavy (non-hydrogen) atoms. The lowest BCUT2D eigenvalue weighted by molar-refractivity contribution is -0.860. The van der Waals surface area contributed by atoms with Gasteiger partial charge in [-0.05, 0) is 17.2 Å². The van der Waals surface area contributed by atoms with Crippen molar-refractivity contribution >= 4 is 12.0 Å². The zero-order valence-corrected chi connectivity index (χ0v) is 13.1. The van der Waals surface area contributed by atoms with Gasteiger partial charge in [0, 0.05) is 6.08 Å². The van der Waals surface area contributed by atoms with E-state index in [0.29, 0.717) is 0 Å². The number of benzene rings is 2. The standard InChI is InChI=1S/C19H22N2O/c1-21(2)15-18(17-11-7-4-8-12-17)20-19(22)14-13-16-9-5-3-6-10-16/h3-14,18H,15H2,1-2H3,(H,20,22)/p+1/b14-13+/t18-/m0/s1. The number of carbonyl (C=O) groups is 1. The number of likely N-dealkylation sites (N-methyl/N-ethyl adjacent to an activating group) is 1. The normalized spacial score (nSPS) is 12.5. The van der Waals surface area contributed by atoms with Crippen LogP contribution in [0.4, 0.5) is 0 Å². The van der Waals surface area contributed by atoms with Gasteiger partial charge < -0.3 is 10.2 Å². The van der Waals surface area contributed by atoms with Gasteiger partial charge in [-0.15, -0.1) is 0 Å². The monoisotopic (exact) mass is 295 g/mol. The second kappa shape index (κ2) is 8.15. The molecule has 0 saturated carbocycles. The first kappa shape index (κ1) is 16.0. The number of nitrogens with one attached hydrogen (secondary N) is 2. The Morgan fingerprint density at radius 3 is 2.23 bits per heavy atom. The number of hydrogen-bond donors (Lipinski definition) is 2. The molecule has 2 rings (SSSR count). The molecule has 0 radical (unpaired) electrons. The minimum Gasteiger partial charge on any atom is -0.340 e. The van der Waals surface area contributed by atoms with E-state index >= 15 is 0 Å². The van der Waals surface area contributed by atoms with E-state index in [-0.39, 0.29) is 11.9 Å². The molecule has 0 saturated heterocycles.